The first-order valence-corrected chi connectivity index (χ1v) is 11.7. The third-order valence-corrected chi connectivity index (χ3v) is 6.54. The first-order chi connectivity index (χ1) is 16.3. The van der Waals surface area contributed by atoms with Gasteiger partial charge in [-0.25, -0.2) is 9.97 Å². The summed E-state index contributed by atoms with van der Waals surface area (Å²) in [4.78, 5) is 22.7. The number of halogens is 3. The Morgan fingerprint density at radius 3 is 2.74 bits per heavy atom. The maximum Gasteiger partial charge on any atom is 0.433 e. The Bertz CT molecular complexity index is 1250. The Hall–Kier alpha value is -3.27. The third-order valence-electron chi connectivity index (χ3n) is 5.69. The Labute approximate surface area is 198 Å². The fourth-order valence-corrected chi connectivity index (χ4v) is 4.92. The van der Waals surface area contributed by atoms with Crippen molar-refractivity contribution in [1.82, 2.24) is 9.97 Å². The van der Waals surface area contributed by atoms with Crippen molar-refractivity contribution in [3.8, 4) is 22.8 Å². The molecule has 3 aromatic rings. The number of para-hydroxylation sites is 1. The standard InChI is InChI=1S/C24H20F3N3O3S/c1-14-10-16-4-2-3-5-18(16)30(14)22(31)8-9-34-23-28-17(12-21(29-23)24(25,26)27)15-6-7-19-20(11-15)33-13-32-19/h2-7,11-12,14H,8-10,13H2,1H3. The fraction of sp³-hybridized carbons (Fsp3) is 0.292. The number of nitrogens with zero attached hydrogens (tertiary/aromatic N) is 3. The zero-order chi connectivity index (χ0) is 23.9. The maximum atomic E-state index is 13.5. The molecule has 0 saturated carbocycles. The molecule has 3 heterocycles. The van der Waals surface area contributed by atoms with Gasteiger partial charge in [-0.1, -0.05) is 30.0 Å². The van der Waals surface area contributed by atoms with Gasteiger partial charge in [-0.3, -0.25) is 4.79 Å². The van der Waals surface area contributed by atoms with E-state index in [2.05, 4.69) is 9.97 Å². The van der Waals surface area contributed by atoms with E-state index in [4.69, 9.17) is 9.47 Å². The highest BCUT2D eigenvalue weighted by Crippen LogP contribution is 2.38. The van der Waals surface area contributed by atoms with Crippen LogP contribution in [0.15, 0.2) is 53.7 Å². The first-order valence-electron chi connectivity index (χ1n) is 10.7. The van der Waals surface area contributed by atoms with Crippen LogP contribution in [0.2, 0.25) is 0 Å². The summed E-state index contributed by atoms with van der Waals surface area (Å²) >= 11 is 1.03. The largest absolute Gasteiger partial charge is 0.454 e. The monoisotopic (exact) mass is 487 g/mol. The van der Waals surface area contributed by atoms with Gasteiger partial charge < -0.3 is 14.4 Å². The van der Waals surface area contributed by atoms with Crippen molar-refractivity contribution in [2.75, 3.05) is 17.4 Å². The number of hydrogen-bond acceptors (Lipinski definition) is 6. The van der Waals surface area contributed by atoms with Crippen molar-refractivity contribution in [1.29, 1.82) is 0 Å². The molecule has 34 heavy (non-hydrogen) atoms. The summed E-state index contributed by atoms with van der Waals surface area (Å²) in [6.07, 6.45) is -3.69. The zero-order valence-electron chi connectivity index (χ0n) is 18.1. The molecule has 0 bridgehead atoms. The van der Waals surface area contributed by atoms with Gasteiger partial charge in [-0.15, -0.1) is 0 Å². The quantitative estimate of drug-likeness (QED) is 0.357. The Morgan fingerprint density at radius 1 is 1.12 bits per heavy atom. The molecule has 1 aromatic heterocycles. The minimum atomic E-state index is -4.63. The lowest BCUT2D eigenvalue weighted by molar-refractivity contribution is -0.141. The van der Waals surface area contributed by atoms with Gasteiger partial charge in [-0.05, 0) is 49.2 Å². The van der Waals surface area contributed by atoms with E-state index in [0.29, 0.717) is 17.1 Å². The van der Waals surface area contributed by atoms with Crippen molar-refractivity contribution in [2.45, 2.75) is 37.1 Å². The van der Waals surface area contributed by atoms with Gasteiger partial charge >= 0.3 is 6.18 Å². The van der Waals surface area contributed by atoms with Gasteiger partial charge in [0.1, 0.15) is 5.69 Å². The molecular weight excluding hydrogens is 467 g/mol. The van der Waals surface area contributed by atoms with E-state index in [-0.39, 0.29) is 41.8 Å². The summed E-state index contributed by atoms with van der Waals surface area (Å²) in [7, 11) is 0. The summed E-state index contributed by atoms with van der Waals surface area (Å²) in [5.41, 5.74) is 1.55. The Kier molecular flexibility index (Phi) is 5.85. The van der Waals surface area contributed by atoms with Crippen molar-refractivity contribution >= 4 is 23.4 Å². The van der Waals surface area contributed by atoms with E-state index in [1.54, 1.807) is 23.1 Å². The van der Waals surface area contributed by atoms with Crippen LogP contribution in [0.3, 0.4) is 0 Å². The molecule has 0 spiro atoms. The second-order valence-electron chi connectivity index (χ2n) is 8.03. The molecule has 0 aliphatic carbocycles. The molecule has 0 fully saturated rings. The fourth-order valence-electron chi connectivity index (χ4n) is 4.13. The highest BCUT2D eigenvalue weighted by Gasteiger charge is 2.34. The molecule has 0 N–H and O–H groups in total. The SMILES string of the molecule is CC1Cc2ccccc2N1C(=O)CCSc1nc(-c2ccc3c(c2)OCO3)cc(C(F)(F)F)n1. The smallest absolute Gasteiger partial charge is 0.433 e. The lowest BCUT2D eigenvalue weighted by Gasteiger charge is -2.22. The van der Waals surface area contributed by atoms with Crippen molar-refractivity contribution in [3.05, 3.63) is 59.8 Å². The number of ether oxygens (including phenoxy) is 2. The molecular formula is C24H20F3N3O3S. The Balaban J connectivity index is 1.33. The number of benzene rings is 2. The van der Waals surface area contributed by atoms with Crippen LogP contribution in [0.5, 0.6) is 11.5 Å². The molecule has 10 heteroatoms. The number of carbonyl (C=O) groups is 1. The van der Waals surface area contributed by atoms with Crippen LogP contribution < -0.4 is 14.4 Å². The molecule has 2 aliphatic heterocycles. The van der Waals surface area contributed by atoms with E-state index < -0.39 is 11.9 Å². The van der Waals surface area contributed by atoms with Crippen LogP contribution in [-0.4, -0.2) is 34.5 Å². The van der Waals surface area contributed by atoms with Gasteiger partial charge in [0.15, 0.2) is 16.7 Å². The van der Waals surface area contributed by atoms with E-state index in [9.17, 15) is 18.0 Å². The van der Waals surface area contributed by atoms with Gasteiger partial charge in [0.2, 0.25) is 12.7 Å². The van der Waals surface area contributed by atoms with Gasteiger partial charge in [0, 0.05) is 29.5 Å². The van der Waals surface area contributed by atoms with Crippen molar-refractivity contribution in [2.24, 2.45) is 0 Å². The molecule has 0 radical (unpaired) electrons. The average Bonchev–Trinajstić information content (AvgIpc) is 3.41. The number of fused-ring (bicyclic) bond motifs is 2. The normalized spacial score (nSPS) is 16.6. The highest BCUT2D eigenvalue weighted by molar-refractivity contribution is 7.99. The zero-order valence-corrected chi connectivity index (χ0v) is 18.9. The molecule has 2 aliphatic rings. The predicted molar refractivity (Wildman–Crippen MR) is 121 cm³/mol. The van der Waals surface area contributed by atoms with E-state index in [0.717, 1.165) is 35.5 Å². The van der Waals surface area contributed by atoms with Crippen LogP contribution in [0.25, 0.3) is 11.3 Å². The number of aromatic nitrogens is 2. The topological polar surface area (TPSA) is 64.6 Å². The number of amides is 1. The molecule has 2 aromatic carbocycles. The molecule has 176 valence electrons. The number of carbonyl (C=O) groups excluding carboxylic acids is 1. The number of anilines is 1. The van der Waals surface area contributed by atoms with Gasteiger partial charge in [-0.2, -0.15) is 13.2 Å². The second-order valence-corrected chi connectivity index (χ2v) is 9.09. The van der Waals surface area contributed by atoms with Crippen molar-refractivity contribution < 1.29 is 27.4 Å². The summed E-state index contributed by atoms with van der Waals surface area (Å²) in [6, 6.07) is 13.5. The highest BCUT2D eigenvalue weighted by atomic mass is 32.2. The number of hydrogen-bond donors (Lipinski definition) is 0. The van der Waals surface area contributed by atoms with Gasteiger partial charge in [0.05, 0.1) is 5.69 Å². The number of rotatable bonds is 5. The van der Waals surface area contributed by atoms with E-state index in [1.807, 2.05) is 31.2 Å². The molecule has 1 amide bonds. The summed E-state index contributed by atoms with van der Waals surface area (Å²) in [5.74, 6) is 1.16. The molecule has 6 nitrogen and oxygen atoms in total. The van der Waals surface area contributed by atoms with E-state index >= 15 is 0 Å². The van der Waals surface area contributed by atoms with Crippen LogP contribution in [-0.2, 0) is 17.4 Å². The summed E-state index contributed by atoms with van der Waals surface area (Å²) in [5, 5.41) is -0.0369. The second kappa shape index (κ2) is 8.83. The Morgan fingerprint density at radius 2 is 1.91 bits per heavy atom. The number of alkyl halides is 3. The first kappa shape index (κ1) is 22.5. The third kappa shape index (κ3) is 4.42. The maximum absolute atomic E-state index is 13.5. The van der Waals surface area contributed by atoms with Crippen molar-refractivity contribution in [3.63, 3.8) is 0 Å². The molecule has 5 rings (SSSR count). The predicted octanol–water partition coefficient (Wildman–Crippen LogP) is 5.35. The average molecular weight is 488 g/mol. The van der Waals surface area contributed by atoms with Crippen LogP contribution >= 0.6 is 11.8 Å². The minimum absolute atomic E-state index is 0.0369. The number of thioether (sulfide) groups is 1. The molecule has 1 unspecified atom stereocenters. The van der Waals surface area contributed by atoms with Crippen LogP contribution in [0.1, 0.15) is 24.6 Å². The summed E-state index contributed by atoms with van der Waals surface area (Å²) in [6.45, 7) is 2.05. The van der Waals surface area contributed by atoms with E-state index in [1.165, 1.54) is 0 Å². The molecule has 0 saturated heterocycles. The van der Waals surface area contributed by atoms with Gasteiger partial charge in [0.25, 0.3) is 0 Å². The lowest BCUT2D eigenvalue weighted by atomic mass is 10.1. The summed E-state index contributed by atoms with van der Waals surface area (Å²) < 4.78 is 51.1. The lowest BCUT2D eigenvalue weighted by Crippen LogP contribution is -2.35. The minimum Gasteiger partial charge on any atom is -0.454 e. The van der Waals surface area contributed by atoms with Crippen LogP contribution in [0, 0.1) is 0 Å². The molecule has 1 atom stereocenters. The van der Waals surface area contributed by atoms with Crippen LogP contribution in [0.4, 0.5) is 18.9 Å².